The van der Waals surface area contributed by atoms with Crippen molar-refractivity contribution in [3.63, 3.8) is 0 Å². The smallest absolute Gasteiger partial charge is 0.275 e. The van der Waals surface area contributed by atoms with Gasteiger partial charge in [0, 0.05) is 31.7 Å². The maximum Gasteiger partial charge on any atom is 0.275 e. The molecule has 1 aliphatic heterocycles. The average molecular weight is 447 g/mol. The lowest BCUT2D eigenvalue weighted by Crippen LogP contribution is -2.50. The highest BCUT2D eigenvalue weighted by Gasteiger charge is 2.29. The summed E-state index contributed by atoms with van der Waals surface area (Å²) >= 11 is 3.49. The minimum absolute atomic E-state index is 0.0189. The van der Waals surface area contributed by atoms with Crippen molar-refractivity contribution in [1.82, 2.24) is 20.0 Å². The van der Waals surface area contributed by atoms with Gasteiger partial charge in [0.15, 0.2) is 5.69 Å². The number of nitrogens with zero attached hydrogens (tertiary/aromatic N) is 3. The maximum absolute atomic E-state index is 12.8. The Kier molecular flexibility index (Phi) is 6.23. The summed E-state index contributed by atoms with van der Waals surface area (Å²) in [5.74, 6) is 0.602. The molecule has 1 aromatic heterocycles. The highest BCUT2D eigenvalue weighted by atomic mass is 79.9. The van der Waals surface area contributed by atoms with Crippen LogP contribution in [0.1, 0.15) is 71.6 Å². The predicted octanol–water partition coefficient (Wildman–Crippen LogP) is 4.02. The monoisotopic (exact) mass is 446 g/mol. The minimum atomic E-state index is -0.108. The molecule has 0 spiro atoms. The van der Waals surface area contributed by atoms with Crippen molar-refractivity contribution in [3.05, 3.63) is 51.3 Å². The molecule has 0 radical (unpaired) electrons. The summed E-state index contributed by atoms with van der Waals surface area (Å²) < 4.78 is 0.733. The molecule has 0 bridgehead atoms. The third kappa shape index (κ3) is 4.14. The highest BCUT2D eigenvalue weighted by molar-refractivity contribution is 9.10. The van der Waals surface area contributed by atoms with Gasteiger partial charge in [0.25, 0.3) is 11.8 Å². The first-order valence-corrected chi connectivity index (χ1v) is 10.5. The van der Waals surface area contributed by atoms with E-state index in [0.717, 1.165) is 10.2 Å². The number of benzene rings is 1. The van der Waals surface area contributed by atoms with E-state index in [4.69, 9.17) is 0 Å². The van der Waals surface area contributed by atoms with Crippen molar-refractivity contribution in [3.8, 4) is 0 Å². The van der Waals surface area contributed by atoms with E-state index in [0.29, 0.717) is 43.4 Å². The van der Waals surface area contributed by atoms with E-state index in [-0.39, 0.29) is 17.7 Å². The summed E-state index contributed by atoms with van der Waals surface area (Å²) in [4.78, 5) is 29.1. The normalized spacial score (nSPS) is 14.8. The molecule has 1 aliphatic rings. The largest absolute Gasteiger partial charge is 0.335 e. The molecule has 0 unspecified atom stereocenters. The van der Waals surface area contributed by atoms with Gasteiger partial charge >= 0.3 is 0 Å². The quantitative estimate of drug-likeness (QED) is 0.770. The van der Waals surface area contributed by atoms with E-state index in [2.05, 4.69) is 40.0 Å². The fraction of sp³-hybridized carbons (Fsp3) is 0.476. The zero-order valence-electron chi connectivity index (χ0n) is 16.8. The van der Waals surface area contributed by atoms with Gasteiger partial charge < -0.3 is 9.80 Å². The van der Waals surface area contributed by atoms with E-state index >= 15 is 0 Å². The molecule has 1 fully saturated rings. The lowest BCUT2D eigenvalue weighted by molar-refractivity contribution is 0.0531. The number of aromatic nitrogens is 2. The predicted molar refractivity (Wildman–Crippen MR) is 113 cm³/mol. The number of rotatable bonds is 4. The standard InChI is InChI=1S/C21H27BrN4O2/c1-13(2)15-5-7-16(8-6-15)20(27)25-9-11-26(12-10-25)21(28)19-17(22)18(14(3)4)23-24-19/h5-8,13-14H,9-12H2,1-4H3,(H,23,24). The van der Waals surface area contributed by atoms with E-state index in [1.807, 2.05) is 43.0 Å². The number of piperazine rings is 1. The molecule has 7 heteroatoms. The van der Waals surface area contributed by atoms with Crippen molar-refractivity contribution >= 4 is 27.7 Å². The van der Waals surface area contributed by atoms with Crippen LogP contribution in [0.5, 0.6) is 0 Å². The van der Waals surface area contributed by atoms with Crippen LogP contribution in [-0.4, -0.2) is 58.0 Å². The SMILES string of the molecule is CC(C)c1ccc(C(=O)N2CCN(C(=O)c3n[nH]c(C(C)C)c3Br)CC2)cc1. The average Bonchev–Trinajstić information content (AvgIpc) is 3.08. The van der Waals surface area contributed by atoms with E-state index in [1.54, 1.807) is 4.90 Å². The first-order valence-electron chi connectivity index (χ1n) is 9.71. The van der Waals surface area contributed by atoms with Crippen LogP contribution < -0.4 is 0 Å². The van der Waals surface area contributed by atoms with Crippen LogP contribution in [0.25, 0.3) is 0 Å². The van der Waals surface area contributed by atoms with Gasteiger partial charge in [-0.15, -0.1) is 0 Å². The molecule has 0 saturated carbocycles. The summed E-state index contributed by atoms with van der Waals surface area (Å²) in [6.45, 7) is 10.4. The Morgan fingerprint density at radius 1 is 0.929 bits per heavy atom. The van der Waals surface area contributed by atoms with Crippen LogP contribution in [0.3, 0.4) is 0 Å². The van der Waals surface area contributed by atoms with Crippen LogP contribution in [-0.2, 0) is 0 Å². The fourth-order valence-corrected chi connectivity index (χ4v) is 4.13. The Labute approximate surface area is 174 Å². The van der Waals surface area contributed by atoms with Crippen LogP contribution >= 0.6 is 15.9 Å². The van der Waals surface area contributed by atoms with Crippen molar-refractivity contribution < 1.29 is 9.59 Å². The number of halogens is 1. The van der Waals surface area contributed by atoms with Gasteiger partial charge in [-0.3, -0.25) is 14.7 Å². The zero-order chi connectivity index (χ0) is 20.4. The Hall–Kier alpha value is -2.15. The molecule has 150 valence electrons. The van der Waals surface area contributed by atoms with Crippen LogP contribution in [0.4, 0.5) is 0 Å². The number of nitrogens with one attached hydrogen (secondary N) is 1. The first kappa shape index (κ1) is 20.6. The fourth-order valence-electron chi connectivity index (χ4n) is 3.32. The van der Waals surface area contributed by atoms with Crippen molar-refractivity contribution in [1.29, 1.82) is 0 Å². The Balaban J connectivity index is 1.62. The minimum Gasteiger partial charge on any atom is -0.335 e. The molecule has 3 rings (SSSR count). The molecule has 1 N–H and O–H groups in total. The highest BCUT2D eigenvalue weighted by Crippen LogP contribution is 2.26. The molecule has 0 aliphatic carbocycles. The van der Waals surface area contributed by atoms with Gasteiger partial charge in [-0.25, -0.2) is 0 Å². The molecule has 0 atom stereocenters. The number of amides is 2. The maximum atomic E-state index is 12.8. The molecule has 2 heterocycles. The van der Waals surface area contributed by atoms with Gasteiger partial charge in [-0.2, -0.15) is 5.10 Å². The molecule has 1 saturated heterocycles. The Bertz CT molecular complexity index is 850. The number of hydrogen-bond acceptors (Lipinski definition) is 3. The third-order valence-electron chi connectivity index (χ3n) is 5.19. The number of carbonyl (C=O) groups is 2. The number of aromatic amines is 1. The van der Waals surface area contributed by atoms with E-state index < -0.39 is 0 Å². The van der Waals surface area contributed by atoms with Gasteiger partial charge in [0.1, 0.15) is 0 Å². The van der Waals surface area contributed by atoms with Crippen LogP contribution in [0, 0.1) is 0 Å². The van der Waals surface area contributed by atoms with E-state index in [1.165, 1.54) is 5.56 Å². The van der Waals surface area contributed by atoms with Gasteiger partial charge in [0.05, 0.1) is 10.2 Å². The van der Waals surface area contributed by atoms with Gasteiger partial charge in [-0.1, -0.05) is 39.8 Å². The van der Waals surface area contributed by atoms with Crippen molar-refractivity contribution in [2.75, 3.05) is 26.2 Å². The number of H-pyrrole nitrogens is 1. The second-order valence-corrected chi connectivity index (χ2v) is 8.61. The lowest BCUT2D eigenvalue weighted by atomic mass is 10.0. The van der Waals surface area contributed by atoms with E-state index in [9.17, 15) is 9.59 Å². The Morgan fingerprint density at radius 3 is 1.93 bits per heavy atom. The molecule has 28 heavy (non-hydrogen) atoms. The van der Waals surface area contributed by atoms with Gasteiger partial charge in [0.2, 0.25) is 0 Å². The summed E-state index contributed by atoms with van der Waals surface area (Å²) in [7, 11) is 0. The molecule has 2 aromatic rings. The summed E-state index contributed by atoms with van der Waals surface area (Å²) in [5.41, 5.74) is 3.24. The second-order valence-electron chi connectivity index (χ2n) is 7.82. The lowest BCUT2D eigenvalue weighted by Gasteiger charge is -2.34. The molecular weight excluding hydrogens is 420 g/mol. The van der Waals surface area contributed by atoms with Crippen molar-refractivity contribution in [2.45, 2.75) is 39.5 Å². The van der Waals surface area contributed by atoms with Crippen molar-refractivity contribution in [2.24, 2.45) is 0 Å². The second kappa shape index (κ2) is 8.47. The first-order chi connectivity index (χ1) is 13.3. The van der Waals surface area contributed by atoms with Crippen LogP contribution in [0.15, 0.2) is 28.7 Å². The van der Waals surface area contributed by atoms with Crippen LogP contribution in [0.2, 0.25) is 0 Å². The summed E-state index contributed by atoms with van der Waals surface area (Å²) in [6, 6.07) is 7.81. The number of hydrogen-bond donors (Lipinski definition) is 1. The third-order valence-corrected chi connectivity index (χ3v) is 5.99. The molecule has 6 nitrogen and oxygen atoms in total. The van der Waals surface area contributed by atoms with Gasteiger partial charge in [-0.05, 0) is 45.5 Å². The summed E-state index contributed by atoms with van der Waals surface area (Å²) in [5, 5.41) is 7.14. The molecule has 1 aromatic carbocycles. The topological polar surface area (TPSA) is 69.3 Å². The summed E-state index contributed by atoms with van der Waals surface area (Å²) in [6.07, 6.45) is 0. The number of carbonyl (C=O) groups excluding carboxylic acids is 2. The zero-order valence-corrected chi connectivity index (χ0v) is 18.4. The Morgan fingerprint density at radius 2 is 1.46 bits per heavy atom. The molecule has 2 amide bonds. The molecular formula is C21H27BrN4O2.